The van der Waals surface area contributed by atoms with Crippen molar-refractivity contribution in [3.8, 4) is 5.75 Å². The predicted molar refractivity (Wildman–Crippen MR) is 145 cm³/mol. The molecule has 0 radical (unpaired) electrons. The van der Waals surface area contributed by atoms with Gasteiger partial charge in [0, 0.05) is 13.1 Å². The van der Waals surface area contributed by atoms with Crippen molar-refractivity contribution >= 4 is 5.97 Å². The van der Waals surface area contributed by atoms with Crippen molar-refractivity contribution in [3.05, 3.63) is 65.7 Å². The van der Waals surface area contributed by atoms with E-state index in [1.54, 1.807) is 6.92 Å². The second-order valence-corrected chi connectivity index (χ2v) is 12.9. The molecular formula is C32H43NO4. The highest BCUT2D eigenvalue weighted by atomic mass is 16.5. The molecule has 2 aromatic carbocycles. The van der Waals surface area contributed by atoms with Crippen LogP contribution in [0.25, 0.3) is 0 Å². The van der Waals surface area contributed by atoms with E-state index in [1.165, 1.54) is 44.1 Å². The normalized spacial score (nSPS) is 30.9. The van der Waals surface area contributed by atoms with Crippen LogP contribution >= 0.6 is 0 Å². The number of carbonyl (C=O) groups is 1. The zero-order valence-electron chi connectivity index (χ0n) is 22.7. The summed E-state index contributed by atoms with van der Waals surface area (Å²) in [4.78, 5) is 14.0. The minimum absolute atomic E-state index is 0.134. The number of nitrogens with zero attached hydrogens (tertiary/aromatic N) is 1. The summed E-state index contributed by atoms with van der Waals surface area (Å²) in [6, 6.07) is 18.7. The van der Waals surface area contributed by atoms with Crippen LogP contribution in [0.4, 0.5) is 0 Å². The third-order valence-electron chi connectivity index (χ3n) is 8.91. The standard InChI is InChI=1S/C32H43NO4/c1-4-36-29(35)19-33(17-24-8-6-5-7-9-24)18-27(34)20-37-28-12-10-26(11-13-28)32-16-25-14-30(2,22-32)21-31(3,15-25)23-32/h5-13,25,27,34H,4,14-23H2,1-3H3/t25?,27?,30-,31+,32?. The molecule has 3 unspecified atom stereocenters. The number of aliphatic hydroxyl groups excluding tert-OH is 1. The van der Waals surface area contributed by atoms with Gasteiger partial charge in [-0.3, -0.25) is 9.69 Å². The maximum Gasteiger partial charge on any atom is 0.320 e. The number of aliphatic hydroxyl groups is 1. The Balaban J connectivity index is 1.18. The summed E-state index contributed by atoms with van der Waals surface area (Å²) in [5, 5.41) is 10.7. The molecule has 0 spiro atoms. The van der Waals surface area contributed by atoms with Crippen molar-refractivity contribution in [3.63, 3.8) is 0 Å². The summed E-state index contributed by atoms with van der Waals surface area (Å²) in [6.45, 7) is 8.39. The SMILES string of the molecule is CCOC(=O)CN(Cc1ccccc1)CC(O)COc1ccc(C23CC4C[C@@](C)(C2)C[C@](C)(C4)C3)cc1. The van der Waals surface area contributed by atoms with Gasteiger partial charge >= 0.3 is 5.97 Å². The van der Waals surface area contributed by atoms with Gasteiger partial charge in [-0.25, -0.2) is 0 Å². The molecule has 37 heavy (non-hydrogen) atoms. The van der Waals surface area contributed by atoms with Gasteiger partial charge < -0.3 is 14.6 Å². The Morgan fingerprint density at radius 2 is 1.68 bits per heavy atom. The first-order chi connectivity index (χ1) is 17.7. The van der Waals surface area contributed by atoms with Crippen molar-refractivity contribution < 1.29 is 19.4 Å². The van der Waals surface area contributed by atoms with Crippen LogP contribution in [0.2, 0.25) is 0 Å². The minimum atomic E-state index is -0.721. The van der Waals surface area contributed by atoms with Gasteiger partial charge in [0.25, 0.3) is 0 Å². The molecule has 0 aliphatic heterocycles. The quantitative estimate of drug-likeness (QED) is 0.395. The van der Waals surface area contributed by atoms with Crippen LogP contribution in [0.15, 0.2) is 54.6 Å². The van der Waals surface area contributed by atoms with E-state index in [1.807, 2.05) is 35.2 Å². The fourth-order valence-electron chi connectivity index (χ4n) is 8.63. The van der Waals surface area contributed by atoms with Gasteiger partial charge in [0.05, 0.1) is 13.2 Å². The van der Waals surface area contributed by atoms with E-state index in [0.29, 0.717) is 35.9 Å². The van der Waals surface area contributed by atoms with Gasteiger partial charge in [0.1, 0.15) is 18.5 Å². The first-order valence-corrected chi connectivity index (χ1v) is 14.0. The van der Waals surface area contributed by atoms with Crippen molar-refractivity contribution in [2.24, 2.45) is 16.7 Å². The summed E-state index contributed by atoms with van der Waals surface area (Å²) >= 11 is 0. The van der Waals surface area contributed by atoms with E-state index in [9.17, 15) is 9.90 Å². The van der Waals surface area contributed by atoms with Crippen molar-refractivity contribution in [1.82, 2.24) is 4.90 Å². The largest absolute Gasteiger partial charge is 0.491 e. The topological polar surface area (TPSA) is 59.0 Å². The maximum atomic E-state index is 12.1. The zero-order valence-corrected chi connectivity index (χ0v) is 22.7. The molecule has 1 N–H and O–H groups in total. The summed E-state index contributed by atoms with van der Waals surface area (Å²) in [7, 11) is 0. The lowest BCUT2D eigenvalue weighted by Crippen LogP contribution is -2.56. The molecule has 4 saturated carbocycles. The van der Waals surface area contributed by atoms with Crippen molar-refractivity contribution in [1.29, 1.82) is 0 Å². The van der Waals surface area contributed by atoms with E-state index < -0.39 is 6.10 Å². The predicted octanol–water partition coefficient (Wildman–Crippen LogP) is 5.74. The van der Waals surface area contributed by atoms with Crippen molar-refractivity contribution in [2.45, 2.75) is 77.4 Å². The number of hydrogen-bond acceptors (Lipinski definition) is 5. The molecule has 4 bridgehead atoms. The number of ether oxygens (including phenoxy) is 2. The first kappa shape index (κ1) is 26.2. The zero-order chi connectivity index (χ0) is 26.1. The molecular weight excluding hydrogens is 462 g/mol. The van der Waals surface area contributed by atoms with Gasteiger partial charge in [-0.1, -0.05) is 56.3 Å². The van der Waals surface area contributed by atoms with Crippen LogP contribution in [-0.2, 0) is 21.5 Å². The molecule has 5 atom stereocenters. The van der Waals surface area contributed by atoms with Gasteiger partial charge in [0.15, 0.2) is 0 Å². The Bertz CT molecular complexity index is 1050. The molecule has 5 nitrogen and oxygen atoms in total. The number of esters is 1. The second kappa shape index (κ2) is 10.4. The molecule has 2 aromatic rings. The van der Waals surface area contributed by atoms with E-state index in [-0.39, 0.29) is 19.1 Å². The summed E-state index contributed by atoms with van der Waals surface area (Å²) in [6.07, 6.45) is 7.41. The lowest BCUT2D eigenvalue weighted by atomic mass is 9.39. The van der Waals surface area contributed by atoms with Gasteiger partial charge in [0.2, 0.25) is 0 Å². The van der Waals surface area contributed by atoms with Crippen LogP contribution in [0.5, 0.6) is 5.75 Å². The Labute approximate surface area is 222 Å². The molecule has 0 amide bonds. The number of benzene rings is 2. The Hall–Kier alpha value is -2.37. The van der Waals surface area contributed by atoms with E-state index in [2.05, 4.69) is 38.1 Å². The van der Waals surface area contributed by atoms with E-state index in [4.69, 9.17) is 9.47 Å². The Morgan fingerprint density at radius 1 is 1.00 bits per heavy atom. The summed E-state index contributed by atoms with van der Waals surface area (Å²) < 4.78 is 11.1. The third kappa shape index (κ3) is 6.04. The van der Waals surface area contributed by atoms with E-state index in [0.717, 1.165) is 17.2 Å². The molecule has 4 fully saturated rings. The average molecular weight is 506 g/mol. The number of carbonyl (C=O) groups excluding carboxylic acids is 1. The summed E-state index contributed by atoms with van der Waals surface area (Å²) in [5.41, 5.74) is 3.84. The number of rotatable bonds is 11. The van der Waals surface area contributed by atoms with Gasteiger partial charge in [-0.05, 0) is 90.9 Å². The lowest BCUT2D eigenvalue weighted by Gasteiger charge is -2.65. The van der Waals surface area contributed by atoms with Crippen LogP contribution in [0, 0.1) is 16.7 Å². The molecule has 0 aromatic heterocycles. The minimum Gasteiger partial charge on any atom is -0.491 e. The van der Waals surface area contributed by atoms with Crippen molar-refractivity contribution in [2.75, 3.05) is 26.3 Å². The second-order valence-electron chi connectivity index (χ2n) is 12.9. The van der Waals surface area contributed by atoms with E-state index >= 15 is 0 Å². The monoisotopic (exact) mass is 505 g/mol. The summed E-state index contributed by atoms with van der Waals surface area (Å²) in [5.74, 6) is 1.37. The molecule has 0 heterocycles. The fourth-order valence-corrected chi connectivity index (χ4v) is 8.63. The molecule has 4 aliphatic carbocycles. The molecule has 5 heteroatoms. The lowest BCUT2D eigenvalue weighted by molar-refractivity contribution is -0.145. The van der Waals surface area contributed by atoms with Gasteiger partial charge in [-0.15, -0.1) is 0 Å². The smallest absolute Gasteiger partial charge is 0.320 e. The average Bonchev–Trinajstić information content (AvgIpc) is 2.81. The molecule has 0 saturated heterocycles. The molecule has 6 rings (SSSR count). The Morgan fingerprint density at radius 3 is 2.30 bits per heavy atom. The maximum absolute atomic E-state index is 12.1. The highest BCUT2D eigenvalue weighted by Gasteiger charge is 2.60. The highest BCUT2D eigenvalue weighted by Crippen LogP contribution is 2.69. The first-order valence-electron chi connectivity index (χ1n) is 14.0. The highest BCUT2D eigenvalue weighted by molar-refractivity contribution is 5.71. The fraction of sp³-hybridized carbons (Fsp3) is 0.594. The van der Waals surface area contributed by atoms with Crippen LogP contribution in [-0.4, -0.2) is 48.4 Å². The molecule has 4 aliphatic rings. The third-order valence-corrected chi connectivity index (χ3v) is 8.91. The van der Waals surface area contributed by atoms with Gasteiger partial charge in [-0.2, -0.15) is 0 Å². The van der Waals surface area contributed by atoms with Crippen LogP contribution < -0.4 is 4.74 Å². The van der Waals surface area contributed by atoms with Crippen LogP contribution in [0.1, 0.15) is 70.4 Å². The Kier molecular flexibility index (Phi) is 7.39. The number of hydrogen-bond donors (Lipinski definition) is 1. The molecule has 200 valence electrons. The van der Waals surface area contributed by atoms with Crippen LogP contribution in [0.3, 0.4) is 0 Å².